The molecule has 0 aromatic rings. The van der Waals surface area contributed by atoms with Gasteiger partial charge in [-0.3, -0.25) is 4.99 Å². The first-order valence-corrected chi connectivity index (χ1v) is 4.32. The highest BCUT2D eigenvalue weighted by Crippen LogP contribution is 2.09. The Labute approximate surface area is 61.3 Å². The van der Waals surface area contributed by atoms with E-state index < -0.39 is 0 Å². The molecule has 0 heterocycles. The van der Waals surface area contributed by atoms with Gasteiger partial charge in [0.25, 0.3) is 0 Å². The van der Waals surface area contributed by atoms with Crippen molar-refractivity contribution in [1.82, 2.24) is 0 Å². The molecule has 0 radical (unpaired) electrons. The van der Waals surface area contributed by atoms with Crippen LogP contribution in [0.5, 0.6) is 0 Å². The maximum Gasteiger partial charge on any atom is 0.0458 e. The van der Waals surface area contributed by atoms with Gasteiger partial charge in [0.1, 0.15) is 0 Å². The first kappa shape index (κ1) is 8.76. The number of hydrogen-bond acceptors (Lipinski definition) is 2. The van der Waals surface area contributed by atoms with Gasteiger partial charge in [0.15, 0.2) is 0 Å². The minimum atomic E-state index is 1.05. The summed E-state index contributed by atoms with van der Waals surface area (Å²) in [6.45, 7) is 5.60. The number of rotatable bonds is 4. The van der Waals surface area contributed by atoms with E-state index in [9.17, 15) is 0 Å². The van der Waals surface area contributed by atoms with E-state index in [-0.39, 0.29) is 0 Å². The summed E-state index contributed by atoms with van der Waals surface area (Å²) in [6, 6.07) is 0. The van der Waals surface area contributed by atoms with Crippen molar-refractivity contribution in [2.75, 3.05) is 6.26 Å². The fraction of sp³-hybridized carbons (Fsp3) is 0.571. The first-order valence-electron chi connectivity index (χ1n) is 3.03. The quantitative estimate of drug-likeness (QED) is 0.551. The van der Waals surface area contributed by atoms with Gasteiger partial charge in [-0.25, -0.2) is 0 Å². The highest BCUT2D eigenvalue weighted by Gasteiger charge is 1.87. The molecular weight excluding hydrogens is 130 g/mol. The molecule has 1 nitrogen and oxygen atoms in total. The van der Waals surface area contributed by atoms with E-state index in [1.165, 1.54) is 0 Å². The molecule has 0 bridgehead atoms. The Morgan fingerprint density at radius 3 is 2.78 bits per heavy atom. The summed E-state index contributed by atoms with van der Waals surface area (Å²) in [5, 5.41) is 2.04. The molecule has 0 spiro atoms. The van der Waals surface area contributed by atoms with Crippen molar-refractivity contribution in [3.8, 4) is 0 Å². The molecule has 9 heavy (non-hydrogen) atoms. The lowest BCUT2D eigenvalue weighted by Gasteiger charge is -1.94. The Morgan fingerprint density at radius 2 is 2.44 bits per heavy atom. The summed E-state index contributed by atoms with van der Waals surface area (Å²) in [7, 11) is 0. The summed E-state index contributed by atoms with van der Waals surface area (Å²) in [6.07, 6.45) is 4.22. The van der Waals surface area contributed by atoms with Gasteiger partial charge in [-0.15, -0.1) is 11.8 Å². The summed E-state index contributed by atoms with van der Waals surface area (Å²) in [4.78, 5) is 3.86. The van der Waals surface area contributed by atoms with E-state index in [0.717, 1.165) is 18.5 Å². The number of hydrogen-bond donors (Lipinski definition) is 0. The smallest absolute Gasteiger partial charge is 0.0458 e. The van der Waals surface area contributed by atoms with E-state index in [1.807, 2.05) is 11.7 Å². The van der Waals surface area contributed by atoms with Crippen molar-refractivity contribution < 1.29 is 0 Å². The molecule has 0 N–H and O–H groups in total. The molecule has 2 heteroatoms. The average Bonchev–Trinajstić information content (AvgIpc) is 1.88. The first-order chi connectivity index (χ1) is 4.35. The minimum Gasteiger partial charge on any atom is -0.269 e. The number of aliphatic imine (C=N–C) groups is 1. The van der Waals surface area contributed by atoms with Crippen LogP contribution >= 0.6 is 11.8 Å². The number of thioether (sulfide) groups is 1. The van der Waals surface area contributed by atoms with Crippen molar-refractivity contribution in [1.29, 1.82) is 0 Å². The minimum absolute atomic E-state index is 1.05. The fourth-order valence-electron chi connectivity index (χ4n) is 0.567. The van der Waals surface area contributed by atoms with E-state index in [2.05, 4.69) is 18.6 Å². The van der Waals surface area contributed by atoms with Crippen LogP contribution in [0.4, 0.5) is 0 Å². The molecule has 0 aliphatic heterocycles. The second-order valence-corrected chi connectivity index (χ2v) is 2.46. The molecule has 0 rings (SSSR count). The van der Waals surface area contributed by atoms with Crippen LogP contribution in [0, 0.1) is 0 Å². The molecule has 52 valence electrons. The SMILES string of the molecule is C=N/C(=C\SC)CCC. The van der Waals surface area contributed by atoms with Gasteiger partial charge in [-0.1, -0.05) is 13.3 Å². The molecule has 0 aromatic heterocycles. The Balaban J connectivity index is 3.66. The maximum absolute atomic E-state index is 3.86. The Bertz CT molecular complexity index is 107. The van der Waals surface area contributed by atoms with Gasteiger partial charge in [0.05, 0.1) is 0 Å². The zero-order valence-electron chi connectivity index (χ0n) is 6.05. The van der Waals surface area contributed by atoms with Crippen molar-refractivity contribution in [3.05, 3.63) is 11.1 Å². The van der Waals surface area contributed by atoms with Crippen LogP contribution in [0.15, 0.2) is 16.1 Å². The predicted octanol–water partition coefficient (Wildman–Crippen LogP) is 2.69. The lowest BCUT2D eigenvalue weighted by molar-refractivity contribution is 0.898. The second-order valence-electron chi connectivity index (χ2n) is 1.75. The summed E-state index contributed by atoms with van der Waals surface area (Å²) in [5.74, 6) is 0. The molecule has 0 amide bonds. The molecular formula is C7H13NS. The van der Waals surface area contributed by atoms with Crippen LogP contribution in [0.2, 0.25) is 0 Å². The van der Waals surface area contributed by atoms with Gasteiger partial charge in [0, 0.05) is 5.70 Å². The van der Waals surface area contributed by atoms with E-state index in [1.54, 1.807) is 11.8 Å². The lowest BCUT2D eigenvalue weighted by Crippen LogP contribution is -1.74. The summed E-state index contributed by atoms with van der Waals surface area (Å²) >= 11 is 1.68. The van der Waals surface area contributed by atoms with Crippen molar-refractivity contribution in [2.24, 2.45) is 4.99 Å². The molecule has 0 atom stereocenters. The standard InChI is InChI=1S/C7H13NS/c1-4-5-7(8-2)6-9-3/h6H,2,4-5H2,1,3H3/b7-6-. The molecule has 0 saturated carbocycles. The van der Waals surface area contributed by atoms with E-state index in [4.69, 9.17) is 0 Å². The van der Waals surface area contributed by atoms with Gasteiger partial charge < -0.3 is 0 Å². The van der Waals surface area contributed by atoms with Gasteiger partial charge in [-0.2, -0.15) is 0 Å². The fourth-order valence-corrected chi connectivity index (χ4v) is 1.03. The van der Waals surface area contributed by atoms with E-state index in [0.29, 0.717) is 0 Å². The monoisotopic (exact) mass is 143 g/mol. The highest BCUT2D eigenvalue weighted by atomic mass is 32.2. The molecule has 0 aliphatic carbocycles. The second kappa shape index (κ2) is 5.89. The Morgan fingerprint density at radius 1 is 1.78 bits per heavy atom. The van der Waals surface area contributed by atoms with Gasteiger partial charge >= 0.3 is 0 Å². The average molecular weight is 143 g/mol. The van der Waals surface area contributed by atoms with Crippen LogP contribution in [0.1, 0.15) is 19.8 Å². The lowest BCUT2D eigenvalue weighted by atomic mass is 10.3. The third-order valence-electron chi connectivity index (χ3n) is 0.963. The van der Waals surface area contributed by atoms with Crippen molar-refractivity contribution >= 4 is 18.5 Å². The van der Waals surface area contributed by atoms with Crippen LogP contribution in [-0.4, -0.2) is 13.0 Å². The maximum atomic E-state index is 3.86. The van der Waals surface area contributed by atoms with Crippen LogP contribution in [0.3, 0.4) is 0 Å². The van der Waals surface area contributed by atoms with Crippen molar-refractivity contribution in [3.63, 3.8) is 0 Å². The van der Waals surface area contributed by atoms with Crippen LogP contribution in [-0.2, 0) is 0 Å². The molecule has 0 aliphatic rings. The summed E-state index contributed by atoms with van der Waals surface area (Å²) in [5.41, 5.74) is 1.10. The highest BCUT2D eigenvalue weighted by molar-refractivity contribution is 8.01. The third-order valence-corrected chi connectivity index (χ3v) is 1.47. The van der Waals surface area contributed by atoms with E-state index >= 15 is 0 Å². The van der Waals surface area contributed by atoms with Crippen LogP contribution < -0.4 is 0 Å². The number of nitrogens with zero attached hydrogens (tertiary/aromatic N) is 1. The van der Waals surface area contributed by atoms with Crippen LogP contribution in [0.25, 0.3) is 0 Å². The van der Waals surface area contributed by atoms with Crippen molar-refractivity contribution in [2.45, 2.75) is 19.8 Å². The van der Waals surface area contributed by atoms with Gasteiger partial charge in [-0.05, 0) is 24.8 Å². The zero-order chi connectivity index (χ0) is 7.11. The van der Waals surface area contributed by atoms with Gasteiger partial charge in [0.2, 0.25) is 0 Å². The zero-order valence-corrected chi connectivity index (χ0v) is 6.87. The summed E-state index contributed by atoms with van der Waals surface area (Å²) < 4.78 is 0. The molecule has 0 fully saturated rings. The third kappa shape index (κ3) is 4.28. The number of allylic oxidation sites excluding steroid dienone is 1. The molecule has 0 saturated heterocycles. The Hall–Kier alpha value is -0.240. The molecule has 0 unspecified atom stereocenters. The Kier molecular flexibility index (Phi) is 5.73. The molecule has 0 aromatic carbocycles. The topological polar surface area (TPSA) is 12.4 Å². The normalized spacial score (nSPS) is 11.6. The predicted molar refractivity (Wildman–Crippen MR) is 46.1 cm³/mol. The largest absolute Gasteiger partial charge is 0.269 e.